The Balaban J connectivity index is 1.26. The number of imidazole rings is 1. The molecule has 1 aromatic heterocycles. The van der Waals surface area contributed by atoms with Gasteiger partial charge in [0, 0.05) is 31.1 Å². The zero-order valence-electron chi connectivity index (χ0n) is 20.0. The monoisotopic (exact) mass is 471 g/mol. The Morgan fingerprint density at radius 3 is 2.54 bits per heavy atom. The molecule has 0 bridgehead atoms. The molecule has 1 aliphatic rings. The summed E-state index contributed by atoms with van der Waals surface area (Å²) in [6, 6.07) is 22.5. The maximum atomic E-state index is 13.4. The first kappa shape index (κ1) is 23.1. The van der Waals surface area contributed by atoms with Gasteiger partial charge in [-0.2, -0.15) is 0 Å². The standard InChI is InChI=1S/C29H30FN3O2/c1-2-21-9-15-25(16-10-21)35-18-6-5-17-32-27-8-4-3-7-26(27)31-29(32)22-19-28(34)33(20-22)24-13-11-23(30)12-14-24/h3-4,7-16,22H,2,5-6,17-20H2,1H3/t22-/m1/s1. The van der Waals surface area contributed by atoms with Crippen LogP contribution in [0.3, 0.4) is 0 Å². The summed E-state index contributed by atoms with van der Waals surface area (Å²) in [4.78, 5) is 19.5. The van der Waals surface area contributed by atoms with Crippen molar-refractivity contribution in [1.82, 2.24) is 9.55 Å². The lowest BCUT2D eigenvalue weighted by molar-refractivity contribution is -0.117. The van der Waals surface area contributed by atoms with Gasteiger partial charge < -0.3 is 14.2 Å². The first-order valence-corrected chi connectivity index (χ1v) is 12.3. The van der Waals surface area contributed by atoms with Gasteiger partial charge in [-0.05, 0) is 73.4 Å². The average molecular weight is 472 g/mol. The lowest BCUT2D eigenvalue weighted by atomic mass is 10.1. The van der Waals surface area contributed by atoms with E-state index < -0.39 is 0 Å². The van der Waals surface area contributed by atoms with Gasteiger partial charge in [0.2, 0.25) is 5.91 Å². The van der Waals surface area contributed by atoms with Crippen molar-refractivity contribution < 1.29 is 13.9 Å². The van der Waals surface area contributed by atoms with E-state index in [1.807, 2.05) is 30.3 Å². The predicted octanol–water partition coefficient (Wildman–Crippen LogP) is 6.12. The molecule has 0 saturated carbocycles. The zero-order chi connectivity index (χ0) is 24.2. The number of para-hydroxylation sites is 2. The molecule has 1 saturated heterocycles. The van der Waals surface area contributed by atoms with Gasteiger partial charge >= 0.3 is 0 Å². The highest BCUT2D eigenvalue weighted by atomic mass is 19.1. The summed E-state index contributed by atoms with van der Waals surface area (Å²) in [6.07, 6.45) is 3.29. The van der Waals surface area contributed by atoms with Crippen molar-refractivity contribution >= 4 is 22.6 Å². The molecule has 1 aliphatic heterocycles. The molecule has 6 heteroatoms. The van der Waals surface area contributed by atoms with E-state index in [4.69, 9.17) is 9.72 Å². The number of hydrogen-bond donors (Lipinski definition) is 0. The summed E-state index contributed by atoms with van der Waals surface area (Å²) in [6.45, 7) is 4.17. The first-order chi connectivity index (χ1) is 17.1. The number of anilines is 1. The number of aromatic nitrogens is 2. The molecule has 0 aliphatic carbocycles. The van der Waals surface area contributed by atoms with Gasteiger partial charge in [0.15, 0.2) is 0 Å². The number of rotatable bonds is 9. The van der Waals surface area contributed by atoms with Gasteiger partial charge in [0.05, 0.1) is 17.6 Å². The largest absolute Gasteiger partial charge is 0.494 e. The van der Waals surface area contributed by atoms with Crippen molar-refractivity contribution in [2.75, 3.05) is 18.1 Å². The number of unbranched alkanes of at least 4 members (excludes halogenated alkanes) is 1. The highest BCUT2D eigenvalue weighted by Crippen LogP contribution is 2.33. The molecule has 5 rings (SSSR count). The molecular formula is C29H30FN3O2. The molecule has 0 N–H and O–H groups in total. The van der Waals surface area contributed by atoms with Crippen LogP contribution >= 0.6 is 0 Å². The number of aryl methyl sites for hydroxylation is 2. The van der Waals surface area contributed by atoms with Crippen molar-refractivity contribution in [2.45, 2.75) is 45.1 Å². The van der Waals surface area contributed by atoms with Crippen LogP contribution in [0.2, 0.25) is 0 Å². The second kappa shape index (κ2) is 10.3. The van der Waals surface area contributed by atoms with Crippen LogP contribution in [-0.4, -0.2) is 28.6 Å². The van der Waals surface area contributed by atoms with E-state index in [0.717, 1.165) is 54.1 Å². The lowest BCUT2D eigenvalue weighted by Gasteiger charge is -2.17. The van der Waals surface area contributed by atoms with Gasteiger partial charge in [-0.1, -0.05) is 31.2 Å². The second-order valence-corrected chi connectivity index (χ2v) is 9.05. The normalized spacial score (nSPS) is 15.8. The molecule has 0 unspecified atom stereocenters. The van der Waals surface area contributed by atoms with Gasteiger partial charge in [-0.3, -0.25) is 4.79 Å². The minimum Gasteiger partial charge on any atom is -0.494 e. The summed E-state index contributed by atoms with van der Waals surface area (Å²) < 4.78 is 21.5. The zero-order valence-corrected chi connectivity index (χ0v) is 20.0. The van der Waals surface area contributed by atoms with Crippen LogP contribution in [0.15, 0.2) is 72.8 Å². The summed E-state index contributed by atoms with van der Waals surface area (Å²) in [5, 5.41) is 0. The van der Waals surface area contributed by atoms with Crippen molar-refractivity contribution in [3.8, 4) is 5.75 Å². The number of fused-ring (bicyclic) bond motifs is 1. The molecule has 5 nitrogen and oxygen atoms in total. The number of carbonyl (C=O) groups is 1. The molecule has 2 heterocycles. The van der Waals surface area contributed by atoms with Gasteiger partial charge in [-0.15, -0.1) is 0 Å². The number of amides is 1. The number of benzene rings is 3. The van der Waals surface area contributed by atoms with E-state index >= 15 is 0 Å². The van der Waals surface area contributed by atoms with Crippen LogP contribution in [-0.2, 0) is 17.8 Å². The molecular weight excluding hydrogens is 441 g/mol. The van der Waals surface area contributed by atoms with Crippen LogP contribution in [0.1, 0.15) is 43.5 Å². The Morgan fingerprint density at radius 1 is 1.00 bits per heavy atom. The summed E-state index contributed by atoms with van der Waals surface area (Å²) >= 11 is 0. The molecule has 1 atom stereocenters. The number of nitrogens with zero attached hydrogens (tertiary/aromatic N) is 3. The lowest BCUT2D eigenvalue weighted by Crippen LogP contribution is -2.24. The Morgan fingerprint density at radius 2 is 1.77 bits per heavy atom. The first-order valence-electron chi connectivity index (χ1n) is 12.3. The Labute approximate surface area is 205 Å². The highest BCUT2D eigenvalue weighted by molar-refractivity contribution is 5.96. The SMILES string of the molecule is CCc1ccc(OCCCCn2c([C@@H]3CC(=O)N(c4ccc(F)cc4)C3)nc3ccccc32)cc1. The summed E-state index contributed by atoms with van der Waals surface area (Å²) in [5.74, 6) is 1.58. The average Bonchev–Trinajstić information content (AvgIpc) is 3.45. The van der Waals surface area contributed by atoms with Crippen LogP contribution in [0.4, 0.5) is 10.1 Å². The smallest absolute Gasteiger partial charge is 0.227 e. The third-order valence-electron chi connectivity index (χ3n) is 6.69. The Kier molecular flexibility index (Phi) is 6.80. The van der Waals surface area contributed by atoms with Crippen LogP contribution in [0.5, 0.6) is 5.75 Å². The summed E-state index contributed by atoms with van der Waals surface area (Å²) in [5.41, 5.74) is 4.07. The predicted molar refractivity (Wildman–Crippen MR) is 136 cm³/mol. The van der Waals surface area contributed by atoms with Crippen molar-refractivity contribution in [3.63, 3.8) is 0 Å². The third-order valence-corrected chi connectivity index (χ3v) is 6.69. The minimum absolute atomic E-state index is 0.00622. The number of carbonyl (C=O) groups excluding carboxylic acids is 1. The molecule has 180 valence electrons. The van der Waals surface area contributed by atoms with Crippen molar-refractivity contribution in [3.05, 3.63) is 90.0 Å². The quantitative estimate of drug-likeness (QED) is 0.276. The molecule has 35 heavy (non-hydrogen) atoms. The van der Waals surface area contributed by atoms with E-state index in [1.165, 1.54) is 17.7 Å². The third kappa shape index (κ3) is 5.06. The number of hydrogen-bond acceptors (Lipinski definition) is 3. The van der Waals surface area contributed by atoms with Gasteiger partial charge in [-0.25, -0.2) is 9.37 Å². The van der Waals surface area contributed by atoms with Crippen LogP contribution in [0, 0.1) is 5.82 Å². The topological polar surface area (TPSA) is 47.4 Å². The fraction of sp³-hybridized carbons (Fsp3) is 0.310. The Hall–Kier alpha value is -3.67. The van der Waals surface area contributed by atoms with Crippen LogP contribution in [0.25, 0.3) is 11.0 Å². The number of ether oxygens (including phenoxy) is 1. The fourth-order valence-electron chi connectivity index (χ4n) is 4.78. The molecule has 4 aromatic rings. The van der Waals surface area contributed by atoms with E-state index in [2.05, 4.69) is 29.7 Å². The minimum atomic E-state index is -0.305. The van der Waals surface area contributed by atoms with Gasteiger partial charge in [0.1, 0.15) is 17.4 Å². The number of halogens is 1. The van der Waals surface area contributed by atoms with E-state index in [1.54, 1.807) is 17.0 Å². The summed E-state index contributed by atoms with van der Waals surface area (Å²) in [7, 11) is 0. The van der Waals surface area contributed by atoms with Crippen molar-refractivity contribution in [1.29, 1.82) is 0 Å². The van der Waals surface area contributed by atoms with Gasteiger partial charge in [0.25, 0.3) is 0 Å². The van der Waals surface area contributed by atoms with E-state index in [9.17, 15) is 9.18 Å². The molecule has 1 fully saturated rings. The van der Waals surface area contributed by atoms with Crippen LogP contribution < -0.4 is 9.64 Å². The molecule has 1 amide bonds. The maximum absolute atomic E-state index is 13.4. The highest BCUT2D eigenvalue weighted by Gasteiger charge is 2.34. The molecule has 0 radical (unpaired) electrons. The molecule has 3 aromatic carbocycles. The fourth-order valence-corrected chi connectivity index (χ4v) is 4.78. The molecule has 0 spiro atoms. The van der Waals surface area contributed by atoms with Crippen molar-refractivity contribution in [2.24, 2.45) is 0 Å². The van der Waals surface area contributed by atoms with E-state index in [0.29, 0.717) is 19.6 Å². The maximum Gasteiger partial charge on any atom is 0.227 e. The van der Waals surface area contributed by atoms with E-state index in [-0.39, 0.29) is 17.6 Å². The Bertz CT molecular complexity index is 1300. The second-order valence-electron chi connectivity index (χ2n) is 9.05.